The van der Waals surface area contributed by atoms with E-state index in [-0.39, 0.29) is 5.91 Å². The van der Waals surface area contributed by atoms with Crippen LogP contribution in [0, 0.1) is 0 Å². The molecule has 0 bridgehead atoms. The molecule has 150 valence electrons. The van der Waals surface area contributed by atoms with Gasteiger partial charge in [-0.3, -0.25) is 9.69 Å². The fourth-order valence-electron chi connectivity index (χ4n) is 3.78. The number of para-hydroxylation sites is 2. The number of amidine groups is 1. The number of H-pyrrole nitrogens is 1. The number of hydrogen-bond donors (Lipinski definition) is 1. The van der Waals surface area contributed by atoms with Crippen molar-refractivity contribution in [1.82, 2.24) is 9.88 Å². The third-order valence-electron chi connectivity index (χ3n) is 5.35. The number of thioether (sulfide) groups is 1. The van der Waals surface area contributed by atoms with Crippen LogP contribution in [0.5, 0.6) is 0 Å². The van der Waals surface area contributed by atoms with E-state index in [1.807, 2.05) is 35.4 Å². The second-order valence-corrected chi connectivity index (χ2v) is 8.78. The van der Waals surface area contributed by atoms with E-state index >= 15 is 0 Å². The molecule has 0 aliphatic carbocycles. The van der Waals surface area contributed by atoms with Crippen molar-refractivity contribution in [3.05, 3.63) is 65.9 Å². The van der Waals surface area contributed by atoms with Crippen molar-refractivity contribution in [3.8, 4) is 0 Å². The minimum absolute atomic E-state index is 0.156. The van der Waals surface area contributed by atoms with Gasteiger partial charge in [-0.05, 0) is 42.0 Å². The Kier molecular flexibility index (Phi) is 6.05. The number of aryl methyl sites for hydroxylation is 1. The molecule has 4 nitrogen and oxygen atoms in total. The Morgan fingerprint density at radius 3 is 2.83 bits per heavy atom. The van der Waals surface area contributed by atoms with Crippen molar-refractivity contribution in [2.75, 3.05) is 12.3 Å². The number of rotatable bonds is 5. The van der Waals surface area contributed by atoms with Gasteiger partial charge in [-0.15, -0.1) is 0 Å². The first-order valence-corrected chi connectivity index (χ1v) is 11.3. The Labute approximate surface area is 176 Å². The number of fused-ring (bicyclic) bond motifs is 1. The molecular formula is C24H27N3OS. The highest BCUT2D eigenvalue weighted by Crippen LogP contribution is 2.30. The zero-order chi connectivity index (χ0) is 20.2. The first kappa shape index (κ1) is 19.8. The number of aromatic nitrogens is 1. The number of hydrogen-bond acceptors (Lipinski definition) is 3. The van der Waals surface area contributed by atoms with Crippen LogP contribution in [0.4, 0.5) is 5.69 Å². The molecule has 1 aromatic heterocycles. The number of nitrogens with one attached hydrogen (secondary N) is 1. The molecule has 0 radical (unpaired) electrons. The van der Waals surface area contributed by atoms with Crippen molar-refractivity contribution >= 4 is 39.4 Å². The molecule has 2 aromatic carbocycles. The molecule has 3 aromatic rings. The molecule has 5 heteroatoms. The van der Waals surface area contributed by atoms with E-state index < -0.39 is 0 Å². The van der Waals surface area contributed by atoms with Crippen LogP contribution in [0.3, 0.4) is 0 Å². The number of aliphatic imine (C=N–C) groups is 1. The maximum atomic E-state index is 13.1. The van der Waals surface area contributed by atoms with Gasteiger partial charge in [0.1, 0.15) is 0 Å². The van der Waals surface area contributed by atoms with Gasteiger partial charge in [-0.25, -0.2) is 4.99 Å². The summed E-state index contributed by atoms with van der Waals surface area (Å²) in [6.07, 6.45) is 4.26. The predicted octanol–water partition coefficient (Wildman–Crippen LogP) is 5.88. The smallest absolute Gasteiger partial charge is 0.228 e. The Balaban J connectivity index is 1.52. The van der Waals surface area contributed by atoms with E-state index in [2.05, 4.69) is 43.1 Å². The SMILES string of the molecule is CC(C)c1ccccc1N=C1SCCCN1C(=O)CCc1c[nH]c2ccccc12. The molecule has 4 rings (SSSR count). The largest absolute Gasteiger partial charge is 0.361 e. The second kappa shape index (κ2) is 8.87. The molecule has 1 fully saturated rings. The monoisotopic (exact) mass is 405 g/mol. The van der Waals surface area contributed by atoms with Crippen LogP contribution < -0.4 is 0 Å². The Morgan fingerprint density at radius 2 is 1.97 bits per heavy atom. The lowest BCUT2D eigenvalue weighted by molar-refractivity contribution is -0.127. The highest BCUT2D eigenvalue weighted by Gasteiger charge is 2.24. The first-order valence-electron chi connectivity index (χ1n) is 10.3. The van der Waals surface area contributed by atoms with Crippen LogP contribution >= 0.6 is 11.8 Å². The maximum Gasteiger partial charge on any atom is 0.228 e. The third-order valence-corrected chi connectivity index (χ3v) is 6.41. The Bertz CT molecular complexity index is 1040. The summed E-state index contributed by atoms with van der Waals surface area (Å²) in [5, 5.41) is 2.04. The summed E-state index contributed by atoms with van der Waals surface area (Å²) in [7, 11) is 0. The molecule has 0 spiro atoms. The molecule has 1 aliphatic heterocycles. The minimum atomic E-state index is 0.156. The van der Waals surface area contributed by atoms with Gasteiger partial charge in [0.2, 0.25) is 5.91 Å². The molecule has 0 saturated carbocycles. The van der Waals surface area contributed by atoms with Crippen LogP contribution in [0.15, 0.2) is 59.7 Å². The van der Waals surface area contributed by atoms with Crippen LogP contribution in [0.2, 0.25) is 0 Å². The third kappa shape index (κ3) is 4.40. The number of aromatic amines is 1. The first-order chi connectivity index (χ1) is 14.1. The van der Waals surface area contributed by atoms with Gasteiger partial charge in [0.15, 0.2) is 5.17 Å². The molecule has 1 saturated heterocycles. The molecule has 1 amide bonds. The van der Waals surface area contributed by atoms with E-state index in [4.69, 9.17) is 4.99 Å². The zero-order valence-electron chi connectivity index (χ0n) is 17.0. The Hall–Kier alpha value is -2.53. The van der Waals surface area contributed by atoms with E-state index in [0.717, 1.165) is 41.5 Å². The van der Waals surface area contributed by atoms with Crippen LogP contribution in [0.25, 0.3) is 10.9 Å². The number of carbonyl (C=O) groups excluding carboxylic acids is 1. The lowest BCUT2D eigenvalue weighted by Crippen LogP contribution is -2.39. The van der Waals surface area contributed by atoms with E-state index in [9.17, 15) is 4.79 Å². The summed E-state index contributed by atoms with van der Waals surface area (Å²) in [5.41, 5.74) is 4.51. The van der Waals surface area contributed by atoms with Gasteiger partial charge in [0.25, 0.3) is 0 Å². The number of amides is 1. The lowest BCUT2D eigenvalue weighted by atomic mass is 10.0. The topological polar surface area (TPSA) is 48.5 Å². The van der Waals surface area contributed by atoms with Crippen molar-refractivity contribution in [1.29, 1.82) is 0 Å². The highest BCUT2D eigenvalue weighted by molar-refractivity contribution is 8.13. The van der Waals surface area contributed by atoms with Gasteiger partial charge in [0.05, 0.1) is 5.69 Å². The molecule has 1 aliphatic rings. The fraction of sp³-hybridized carbons (Fsp3) is 0.333. The average Bonchev–Trinajstić information content (AvgIpc) is 3.16. The van der Waals surface area contributed by atoms with Crippen molar-refractivity contribution in [3.63, 3.8) is 0 Å². The molecule has 2 heterocycles. The molecule has 0 unspecified atom stereocenters. The minimum Gasteiger partial charge on any atom is -0.361 e. The Morgan fingerprint density at radius 1 is 1.17 bits per heavy atom. The van der Waals surface area contributed by atoms with E-state index in [1.54, 1.807) is 11.8 Å². The number of nitrogens with zero attached hydrogens (tertiary/aromatic N) is 2. The van der Waals surface area contributed by atoms with Gasteiger partial charge in [0, 0.05) is 35.8 Å². The molecular weight excluding hydrogens is 378 g/mol. The summed E-state index contributed by atoms with van der Waals surface area (Å²) in [5.74, 6) is 1.56. The molecule has 29 heavy (non-hydrogen) atoms. The van der Waals surface area contributed by atoms with E-state index in [1.165, 1.54) is 16.5 Å². The van der Waals surface area contributed by atoms with Gasteiger partial charge in [-0.1, -0.05) is 62.0 Å². The fourth-order valence-corrected chi connectivity index (χ4v) is 4.75. The number of benzene rings is 2. The van der Waals surface area contributed by atoms with Crippen molar-refractivity contribution in [2.45, 2.75) is 39.0 Å². The summed E-state index contributed by atoms with van der Waals surface area (Å²) in [6.45, 7) is 5.11. The van der Waals surface area contributed by atoms with Crippen LogP contribution in [-0.2, 0) is 11.2 Å². The van der Waals surface area contributed by atoms with Gasteiger partial charge < -0.3 is 4.98 Å². The predicted molar refractivity (Wildman–Crippen MR) is 123 cm³/mol. The van der Waals surface area contributed by atoms with Gasteiger partial charge in [-0.2, -0.15) is 0 Å². The van der Waals surface area contributed by atoms with Crippen LogP contribution in [0.1, 0.15) is 43.7 Å². The quantitative estimate of drug-likeness (QED) is 0.576. The summed E-state index contributed by atoms with van der Waals surface area (Å²) >= 11 is 1.69. The molecule has 1 N–H and O–H groups in total. The van der Waals surface area contributed by atoms with E-state index in [0.29, 0.717) is 12.3 Å². The standard InChI is InChI=1S/C24H27N3OS/c1-17(2)19-8-3-6-11-22(19)26-24-27(14-7-15-29-24)23(28)13-12-18-16-25-21-10-5-4-9-20(18)21/h3-6,8-11,16-17,25H,7,12-15H2,1-2H3. The van der Waals surface area contributed by atoms with Crippen LogP contribution in [-0.4, -0.2) is 33.3 Å². The lowest BCUT2D eigenvalue weighted by Gasteiger charge is -2.28. The average molecular weight is 406 g/mol. The summed E-state index contributed by atoms with van der Waals surface area (Å²) in [6, 6.07) is 16.5. The summed E-state index contributed by atoms with van der Waals surface area (Å²) in [4.78, 5) is 23.2. The van der Waals surface area contributed by atoms with Crippen molar-refractivity contribution in [2.24, 2.45) is 4.99 Å². The second-order valence-electron chi connectivity index (χ2n) is 7.71. The maximum absolute atomic E-state index is 13.1. The van der Waals surface area contributed by atoms with Crippen molar-refractivity contribution < 1.29 is 4.79 Å². The highest BCUT2D eigenvalue weighted by atomic mass is 32.2. The molecule has 0 atom stereocenters. The zero-order valence-corrected chi connectivity index (χ0v) is 17.8. The summed E-state index contributed by atoms with van der Waals surface area (Å²) < 4.78 is 0. The van der Waals surface area contributed by atoms with Gasteiger partial charge >= 0.3 is 0 Å². The normalized spacial score (nSPS) is 16.1. The number of carbonyl (C=O) groups is 1.